The van der Waals surface area contributed by atoms with E-state index < -0.39 is 0 Å². The second kappa shape index (κ2) is 2.62. The molecule has 0 unspecified atom stereocenters. The summed E-state index contributed by atoms with van der Waals surface area (Å²) in [7, 11) is 0. The van der Waals surface area contributed by atoms with Gasteiger partial charge in [0.25, 0.3) is 0 Å². The van der Waals surface area contributed by atoms with Crippen molar-refractivity contribution < 1.29 is 0 Å². The summed E-state index contributed by atoms with van der Waals surface area (Å²) in [6, 6.07) is 5.37. The van der Waals surface area contributed by atoms with E-state index in [4.69, 9.17) is 11.8 Å². The number of H-pyrrole nitrogens is 1. The number of aromatic nitrogens is 2. The van der Waals surface area contributed by atoms with Gasteiger partial charge in [-0.3, -0.25) is 5.10 Å². The van der Waals surface area contributed by atoms with Crippen LogP contribution in [-0.4, -0.2) is 10.2 Å². The fraction of sp³-hybridized carbons (Fsp3) is 0. The maximum Gasteiger partial charge on any atom is 0.205 e. The van der Waals surface area contributed by atoms with Crippen LogP contribution in [0.4, 0.5) is 5.69 Å². The number of nitriles is 1. The lowest BCUT2D eigenvalue weighted by Crippen LogP contribution is -1.76. The number of aromatic amines is 1. The topological polar surface area (TPSA) is 56.8 Å². The lowest BCUT2D eigenvalue weighted by atomic mass is 10.1. The van der Waals surface area contributed by atoms with E-state index in [0.29, 0.717) is 16.6 Å². The van der Waals surface area contributed by atoms with E-state index in [2.05, 4.69) is 15.0 Å². The van der Waals surface area contributed by atoms with E-state index in [1.165, 1.54) is 0 Å². The third-order valence-electron chi connectivity index (χ3n) is 1.83. The van der Waals surface area contributed by atoms with Crippen LogP contribution >= 0.6 is 0 Å². The van der Waals surface area contributed by atoms with Crippen LogP contribution in [0.15, 0.2) is 18.3 Å². The quantitative estimate of drug-likeness (QED) is 0.611. The van der Waals surface area contributed by atoms with Crippen molar-refractivity contribution in [2.24, 2.45) is 0 Å². The predicted molar refractivity (Wildman–Crippen MR) is 47.1 cm³/mol. The highest BCUT2D eigenvalue weighted by molar-refractivity contribution is 5.90. The average Bonchev–Trinajstić information content (AvgIpc) is 2.63. The Balaban J connectivity index is 2.94. The van der Waals surface area contributed by atoms with Gasteiger partial charge in [-0.2, -0.15) is 10.4 Å². The number of nitrogens with zero attached hydrogens (tertiary/aromatic N) is 3. The summed E-state index contributed by atoms with van der Waals surface area (Å²) in [5, 5.41) is 16.1. The van der Waals surface area contributed by atoms with Crippen LogP contribution in [-0.2, 0) is 0 Å². The fourth-order valence-corrected chi connectivity index (χ4v) is 1.22. The molecule has 0 saturated heterocycles. The van der Waals surface area contributed by atoms with Gasteiger partial charge in [-0.1, -0.05) is 6.07 Å². The zero-order valence-electron chi connectivity index (χ0n) is 6.57. The van der Waals surface area contributed by atoms with Gasteiger partial charge in [0, 0.05) is 5.39 Å². The lowest BCUT2D eigenvalue weighted by Gasteiger charge is -1.94. The first kappa shape index (κ1) is 7.33. The molecule has 0 atom stereocenters. The largest absolute Gasteiger partial charge is 0.278 e. The standard InChI is InChI=1S/C9H4N4/c1-11-8-2-3-9-7(5-12-13-9)6(8)4-10/h2-3,5H,(H,12,13). The van der Waals surface area contributed by atoms with Crippen LogP contribution in [0, 0.1) is 17.9 Å². The SMILES string of the molecule is [C-]#[N+]c1ccc2[nH]ncc2c1C#N. The van der Waals surface area contributed by atoms with Gasteiger partial charge in [-0.15, -0.1) is 0 Å². The van der Waals surface area contributed by atoms with Gasteiger partial charge in [-0.25, -0.2) is 4.85 Å². The Bertz CT molecular complexity index is 539. The minimum Gasteiger partial charge on any atom is -0.278 e. The summed E-state index contributed by atoms with van der Waals surface area (Å²) in [5.74, 6) is 0. The molecule has 4 nitrogen and oxygen atoms in total. The van der Waals surface area contributed by atoms with Crippen molar-refractivity contribution in [2.45, 2.75) is 0 Å². The van der Waals surface area contributed by atoms with Gasteiger partial charge in [0.15, 0.2) is 0 Å². The smallest absolute Gasteiger partial charge is 0.205 e. The van der Waals surface area contributed by atoms with Crippen LogP contribution in [0.2, 0.25) is 0 Å². The van der Waals surface area contributed by atoms with Gasteiger partial charge in [0.2, 0.25) is 5.69 Å². The first-order valence-corrected chi connectivity index (χ1v) is 3.60. The Morgan fingerprint density at radius 2 is 2.38 bits per heavy atom. The maximum absolute atomic E-state index is 8.83. The number of benzene rings is 1. The second-order valence-electron chi connectivity index (χ2n) is 2.51. The fourth-order valence-electron chi connectivity index (χ4n) is 1.22. The Kier molecular flexibility index (Phi) is 1.47. The highest BCUT2D eigenvalue weighted by Crippen LogP contribution is 2.25. The Morgan fingerprint density at radius 1 is 1.54 bits per heavy atom. The summed E-state index contributed by atoms with van der Waals surface area (Å²) < 4.78 is 0. The van der Waals surface area contributed by atoms with Crippen LogP contribution in [0.5, 0.6) is 0 Å². The number of nitrogens with one attached hydrogen (secondary N) is 1. The van der Waals surface area contributed by atoms with Crippen molar-refractivity contribution in [1.29, 1.82) is 5.26 Å². The number of hydrogen-bond acceptors (Lipinski definition) is 2. The summed E-state index contributed by atoms with van der Waals surface area (Å²) in [6.45, 7) is 6.86. The summed E-state index contributed by atoms with van der Waals surface area (Å²) in [6.07, 6.45) is 1.56. The Morgan fingerprint density at radius 3 is 3.08 bits per heavy atom. The zero-order chi connectivity index (χ0) is 9.26. The molecular formula is C9H4N4. The molecule has 0 saturated carbocycles. The molecule has 2 aromatic rings. The minimum absolute atomic E-state index is 0.372. The molecule has 60 valence electrons. The Labute approximate surface area is 74.2 Å². The molecule has 1 N–H and O–H groups in total. The molecule has 0 aliphatic heterocycles. The van der Waals surface area contributed by atoms with Crippen molar-refractivity contribution in [3.05, 3.63) is 35.3 Å². The van der Waals surface area contributed by atoms with Crippen LogP contribution in [0.1, 0.15) is 5.56 Å². The van der Waals surface area contributed by atoms with Crippen LogP contribution < -0.4 is 0 Å². The van der Waals surface area contributed by atoms with Crippen molar-refractivity contribution >= 4 is 16.6 Å². The van der Waals surface area contributed by atoms with Crippen molar-refractivity contribution in [3.8, 4) is 6.07 Å². The second-order valence-corrected chi connectivity index (χ2v) is 2.51. The number of fused-ring (bicyclic) bond motifs is 1. The van der Waals surface area contributed by atoms with Crippen molar-refractivity contribution in [3.63, 3.8) is 0 Å². The molecule has 2 rings (SSSR count). The van der Waals surface area contributed by atoms with Crippen LogP contribution in [0.3, 0.4) is 0 Å². The van der Waals surface area contributed by atoms with Gasteiger partial charge < -0.3 is 0 Å². The lowest BCUT2D eigenvalue weighted by molar-refractivity contribution is 1.12. The first-order valence-electron chi connectivity index (χ1n) is 3.60. The predicted octanol–water partition coefficient (Wildman–Crippen LogP) is 1.99. The Hall–Kier alpha value is -2.33. The molecule has 0 radical (unpaired) electrons. The number of rotatable bonds is 0. The van der Waals surface area contributed by atoms with Gasteiger partial charge in [-0.05, 0) is 6.07 Å². The molecule has 1 aromatic carbocycles. The highest BCUT2D eigenvalue weighted by Gasteiger charge is 2.07. The van der Waals surface area contributed by atoms with E-state index in [0.717, 1.165) is 5.52 Å². The van der Waals surface area contributed by atoms with Gasteiger partial charge >= 0.3 is 0 Å². The molecule has 1 aromatic heterocycles. The van der Waals surface area contributed by atoms with E-state index >= 15 is 0 Å². The van der Waals surface area contributed by atoms with E-state index in [1.807, 2.05) is 6.07 Å². The summed E-state index contributed by atoms with van der Waals surface area (Å²) in [5.41, 5.74) is 1.54. The van der Waals surface area contributed by atoms with Gasteiger partial charge in [0.1, 0.15) is 0 Å². The molecular weight excluding hydrogens is 164 g/mol. The summed E-state index contributed by atoms with van der Waals surface area (Å²) >= 11 is 0. The minimum atomic E-state index is 0.372. The highest BCUT2D eigenvalue weighted by atomic mass is 15.1. The molecule has 13 heavy (non-hydrogen) atoms. The maximum atomic E-state index is 8.83. The molecule has 0 aliphatic rings. The number of hydrogen-bond donors (Lipinski definition) is 1. The third kappa shape index (κ3) is 0.935. The van der Waals surface area contributed by atoms with Gasteiger partial charge in [0.05, 0.1) is 29.9 Å². The zero-order valence-corrected chi connectivity index (χ0v) is 6.57. The monoisotopic (exact) mass is 168 g/mol. The molecule has 1 heterocycles. The van der Waals surface area contributed by atoms with Crippen LogP contribution in [0.25, 0.3) is 15.7 Å². The van der Waals surface area contributed by atoms with E-state index in [9.17, 15) is 0 Å². The molecule has 0 amide bonds. The summed E-state index contributed by atoms with van der Waals surface area (Å²) in [4.78, 5) is 3.26. The molecule has 0 aliphatic carbocycles. The van der Waals surface area contributed by atoms with Crippen molar-refractivity contribution in [2.75, 3.05) is 0 Å². The van der Waals surface area contributed by atoms with E-state index in [-0.39, 0.29) is 0 Å². The molecule has 4 heteroatoms. The van der Waals surface area contributed by atoms with Crippen molar-refractivity contribution in [1.82, 2.24) is 10.2 Å². The molecule has 0 fully saturated rings. The normalized spacial score (nSPS) is 9.38. The van der Waals surface area contributed by atoms with E-state index in [1.54, 1.807) is 18.3 Å². The molecule has 0 bridgehead atoms. The third-order valence-corrected chi connectivity index (χ3v) is 1.83. The molecule has 0 spiro atoms. The first-order chi connectivity index (χ1) is 6.36. The average molecular weight is 168 g/mol.